The average Bonchev–Trinajstić information content (AvgIpc) is 2.52. The highest BCUT2D eigenvalue weighted by Crippen LogP contribution is 2.28. The van der Waals surface area contributed by atoms with Crippen LogP contribution in [0.15, 0.2) is 0 Å². The van der Waals surface area contributed by atoms with Crippen molar-refractivity contribution in [3.63, 3.8) is 0 Å². The van der Waals surface area contributed by atoms with Crippen LogP contribution in [0.2, 0.25) is 0 Å². The molecule has 2 rings (SSSR count). The van der Waals surface area contributed by atoms with Crippen LogP contribution in [-0.4, -0.2) is 37.9 Å². The minimum Gasteiger partial charge on any atom is -0.324 e. The largest absolute Gasteiger partial charge is 0.324 e. The van der Waals surface area contributed by atoms with Gasteiger partial charge >= 0.3 is 0 Å². The maximum absolute atomic E-state index is 12.1. The van der Waals surface area contributed by atoms with Gasteiger partial charge in [0.05, 0.1) is 0 Å². The molecule has 5 nitrogen and oxygen atoms in total. The summed E-state index contributed by atoms with van der Waals surface area (Å²) in [5.74, 6) is 0. The van der Waals surface area contributed by atoms with Crippen molar-refractivity contribution in [1.82, 2.24) is 9.03 Å². The second-order valence-corrected chi connectivity index (χ2v) is 7.11. The van der Waals surface area contributed by atoms with Crippen LogP contribution in [0.25, 0.3) is 0 Å². The highest BCUT2D eigenvalue weighted by molar-refractivity contribution is 7.87. The zero-order chi connectivity index (χ0) is 12.4. The molecule has 6 heteroatoms. The summed E-state index contributed by atoms with van der Waals surface area (Å²) in [7, 11) is -3.31. The highest BCUT2D eigenvalue weighted by atomic mass is 32.2. The summed E-state index contributed by atoms with van der Waals surface area (Å²) in [6, 6.07) is 0. The molecule has 3 N–H and O–H groups in total. The van der Waals surface area contributed by atoms with Crippen molar-refractivity contribution in [3.8, 4) is 0 Å². The van der Waals surface area contributed by atoms with Crippen LogP contribution in [0.1, 0.15) is 44.9 Å². The molecule has 0 bridgehead atoms. The SMILES string of the molecule is NC1(CNS(=O)(=O)N2CCCCCC2)CCC1. The van der Waals surface area contributed by atoms with E-state index in [4.69, 9.17) is 5.73 Å². The lowest BCUT2D eigenvalue weighted by Crippen LogP contribution is -2.56. The third kappa shape index (κ3) is 3.40. The minimum absolute atomic E-state index is 0.293. The molecule has 1 heterocycles. The molecular formula is C11H23N3O2S. The molecule has 1 aliphatic carbocycles. The van der Waals surface area contributed by atoms with Crippen molar-refractivity contribution in [3.05, 3.63) is 0 Å². The molecule has 2 aliphatic rings. The predicted octanol–water partition coefficient (Wildman–Crippen LogP) is 0.578. The first-order valence-corrected chi connectivity index (χ1v) is 8.00. The van der Waals surface area contributed by atoms with E-state index in [1.165, 1.54) is 0 Å². The van der Waals surface area contributed by atoms with Gasteiger partial charge in [0.2, 0.25) is 0 Å². The zero-order valence-corrected chi connectivity index (χ0v) is 11.1. The summed E-state index contributed by atoms with van der Waals surface area (Å²) >= 11 is 0. The van der Waals surface area contributed by atoms with E-state index in [1.807, 2.05) is 0 Å². The quantitative estimate of drug-likeness (QED) is 0.777. The molecule has 0 amide bonds. The molecule has 1 saturated carbocycles. The molecule has 0 aromatic rings. The summed E-state index contributed by atoms with van der Waals surface area (Å²) < 4.78 is 28.4. The Morgan fingerprint density at radius 2 is 1.65 bits per heavy atom. The van der Waals surface area contributed by atoms with Gasteiger partial charge in [0.15, 0.2) is 0 Å². The molecule has 2 fully saturated rings. The third-order valence-corrected chi connectivity index (χ3v) is 5.42. The lowest BCUT2D eigenvalue weighted by molar-refractivity contribution is 0.248. The Kier molecular flexibility index (Phi) is 4.07. The molecule has 0 aromatic heterocycles. The van der Waals surface area contributed by atoms with E-state index < -0.39 is 10.2 Å². The van der Waals surface area contributed by atoms with Gasteiger partial charge in [-0.15, -0.1) is 0 Å². The number of nitrogens with one attached hydrogen (secondary N) is 1. The van der Waals surface area contributed by atoms with Crippen molar-refractivity contribution in [2.24, 2.45) is 5.73 Å². The Morgan fingerprint density at radius 1 is 1.06 bits per heavy atom. The van der Waals surface area contributed by atoms with Crippen molar-refractivity contribution >= 4 is 10.2 Å². The third-order valence-electron chi connectivity index (χ3n) is 3.86. The highest BCUT2D eigenvalue weighted by Gasteiger charge is 2.34. The average molecular weight is 261 g/mol. The van der Waals surface area contributed by atoms with Gasteiger partial charge in [-0.2, -0.15) is 12.7 Å². The first kappa shape index (κ1) is 13.3. The van der Waals surface area contributed by atoms with E-state index in [1.54, 1.807) is 4.31 Å². The number of hydrogen-bond donors (Lipinski definition) is 2. The Balaban J connectivity index is 1.88. The van der Waals surface area contributed by atoms with Crippen molar-refractivity contribution in [2.75, 3.05) is 19.6 Å². The van der Waals surface area contributed by atoms with E-state index in [2.05, 4.69) is 4.72 Å². The maximum atomic E-state index is 12.1. The summed E-state index contributed by atoms with van der Waals surface area (Å²) in [5, 5.41) is 0. The molecule has 0 aromatic carbocycles. The molecule has 0 atom stereocenters. The molecule has 1 saturated heterocycles. The number of rotatable bonds is 4. The Morgan fingerprint density at radius 3 is 2.12 bits per heavy atom. The monoisotopic (exact) mass is 261 g/mol. The summed E-state index contributed by atoms with van der Waals surface area (Å²) in [5.41, 5.74) is 5.73. The lowest BCUT2D eigenvalue weighted by Gasteiger charge is -2.38. The van der Waals surface area contributed by atoms with Crippen molar-refractivity contribution < 1.29 is 8.42 Å². The number of nitrogens with zero attached hydrogens (tertiary/aromatic N) is 1. The van der Waals surface area contributed by atoms with Gasteiger partial charge in [-0.05, 0) is 32.1 Å². The normalized spacial score (nSPS) is 26.2. The standard InChI is InChI=1S/C11H23N3O2S/c12-11(6-5-7-11)10-13-17(15,16)14-8-3-1-2-4-9-14/h13H,1-10,12H2. The van der Waals surface area contributed by atoms with Crippen molar-refractivity contribution in [2.45, 2.75) is 50.5 Å². The molecular weight excluding hydrogens is 238 g/mol. The van der Waals surface area contributed by atoms with Crippen LogP contribution in [0.5, 0.6) is 0 Å². The van der Waals surface area contributed by atoms with E-state index in [-0.39, 0.29) is 5.54 Å². The second kappa shape index (κ2) is 5.22. The van der Waals surface area contributed by atoms with Crippen LogP contribution >= 0.6 is 0 Å². The summed E-state index contributed by atoms with van der Waals surface area (Å²) in [4.78, 5) is 0. The fraction of sp³-hybridized carbons (Fsp3) is 1.00. The van der Waals surface area contributed by atoms with Gasteiger partial charge in [0, 0.05) is 25.2 Å². The van der Waals surface area contributed by atoms with E-state index >= 15 is 0 Å². The lowest BCUT2D eigenvalue weighted by atomic mass is 9.78. The zero-order valence-electron chi connectivity index (χ0n) is 10.3. The summed E-state index contributed by atoms with van der Waals surface area (Å²) in [6.07, 6.45) is 7.16. The Bertz CT molecular complexity index is 344. The maximum Gasteiger partial charge on any atom is 0.279 e. The molecule has 0 unspecified atom stereocenters. The molecule has 0 radical (unpaired) electrons. The van der Waals surface area contributed by atoms with Crippen molar-refractivity contribution in [1.29, 1.82) is 0 Å². The van der Waals surface area contributed by atoms with Gasteiger partial charge in [-0.1, -0.05) is 12.8 Å². The number of nitrogens with two attached hydrogens (primary N) is 1. The molecule has 0 spiro atoms. The summed E-state index contributed by atoms with van der Waals surface area (Å²) in [6.45, 7) is 1.67. The molecule has 100 valence electrons. The van der Waals surface area contributed by atoms with Crippen LogP contribution in [0, 0.1) is 0 Å². The molecule has 17 heavy (non-hydrogen) atoms. The van der Waals surface area contributed by atoms with Gasteiger partial charge in [-0.3, -0.25) is 0 Å². The first-order valence-electron chi connectivity index (χ1n) is 6.56. The van der Waals surface area contributed by atoms with Gasteiger partial charge in [0.1, 0.15) is 0 Å². The van der Waals surface area contributed by atoms with Crippen LogP contribution in [0.3, 0.4) is 0 Å². The first-order chi connectivity index (χ1) is 8.02. The van der Waals surface area contributed by atoms with Crippen LogP contribution in [0.4, 0.5) is 0 Å². The van der Waals surface area contributed by atoms with Gasteiger partial charge in [0.25, 0.3) is 10.2 Å². The van der Waals surface area contributed by atoms with Crippen LogP contribution < -0.4 is 10.5 Å². The van der Waals surface area contributed by atoms with Crippen LogP contribution in [-0.2, 0) is 10.2 Å². The fourth-order valence-corrected chi connectivity index (χ4v) is 3.81. The Labute approximate surface area is 104 Å². The van der Waals surface area contributed by atoms with E-state index in [0.29, 0.717) is 19.6 Å². The Hall–Kier alpha value is -0.170. The van der Waals surface area contributed by atoms with Gasteiger partial charge in [-0.25, -0.2) is 4.72 Å². The smallest absolute Gasteiger partial charge is 0.279 e. The van der Waals surface area contributed by atoms with E-state index in [9.17, 15) is 8.42 Å². The topological polar surface area (TPSA) is 75.4 Å². The number of hydrogen-bond acceptors (Lipinski definition) is 3. The molecule has 1 aliphatic heterocycles. The van der Waals surface area contributed by atoms with E-state index in [0.717, 1.165) is 44.9 Å². The fourth-order valence-electron chi connectivity index (χ4n) is 2.42. The minimum atomic E-state index is -3.31. The van der Waals surface area contributed by atoms with Gasteiger partial charge < -0.3 is 5.73 Å². The second-order valence-electron chi connectivity index (χ2n) is 5.36. The predicted molar refractivity (Wildman–Crippen MR) is 67.7 cm³/mol.